The first-order chi connectivity index (χ1) is 20.8. The minimum atomic E-state index is -4.95. The number of benzene rings is 3. The number of nitrogens with zero attached hydrogens (tertiary/aromatic N) is 3. The van der Waals surface area contributed by atoms with Gasteiger partial charge in [0.2, 0.25) is 0 Å². The predicted octanol–water partition coefficient (Wildman–Crippen LogP) is 8.55. The van der Waals surface area contributed by atoms with Crippen LogP contribution in [0.3, 0.4) is 0 Å². The zero-order valence-corrected chi connectivity index (χ0v) is 25.3. The van der Waals surface area contributed by atoms with E-state index in [2.05, 4.69) is 27.1 Å². The average molecular weight is 663 g/mol. The Morgan fingerprint density at radius 1 is 0.841 bits per heavy atom. The van der Waals surface area contributed by atoms with Crippen LogP contribution in [-0.2, 0) is 28.5 Å². The van der Waals surface area contributed by atoms with Crippen molar-refractivity contribution in [3.05, 3.63) is 99.0 Å². The van der Waals surface area contributed by atoms with Gasteiger partial charge >= 0.3 is 12.4 Å². The molecule has 0 bridgehead atoms. The van der Waals surface area contributed by atoms with Crippen LogP contribution >= 0.6 is 23.2 Å². The molecule has 3 aromatic carbocycles. The second kappa shape index (κ2) is 14.9. The van der Waals surface area contributed by atoms with E-state index in [1.54, 1.807) is 18.2 Å². The van der Waals surface area contributed by atoms with E-state index in [0.29, 0.717) is 40.9 Å². The summed E-state index contributed by atoms with van der Waals surface area (Å²) in [6.07, 6.45) is -9.34. The number of hydrogen-bond donors (Lipinski definition) is 0. The number of para-hydroxylation sites is 1. The van der Waals surface area contributed by atoms with Crippen molar-refractivity contribution in [2.75, 3.05) is 51.3 Å². The molecule has 1 aliphatic rings. The number of hydrogen-bond acceptors (Lipinski definition) is 5. The van der Waals surface area contributed by atoms with Crippen LogP contribution in [0.15, 0.2) is 71.9 Å². The largest absolute Gasteiger partial charge is 0.416 e. The van der Waals surface area contributed by atoms with Crippen molar-refractivity contribution in [1.82, 2.24) is 4.90 Å². The summed E-state index contributed by atoms with van der Waals surface area (Å²) >= 11 is 12.5. The zero-order chi connectivity index (χ0) is 31.9. The van der Waals surface area contributed by atoms with Gasteiger partial charge in [-0.3, -0.25) is 4.90 Å². The lowest BCUT2D eigenvalue weighted by Crippen LogP contribution is -2.47. The van der Waals surface area contributed by atoms with E-state index in [0.717, 1.165) is 37.4 Å². The molecule has 44 heavy (non-hydrogen) atoms. The summed E-state index contributed by atoms with van der Waals surface area (Å²) in [5.41, 5.74) is -0.755. The lowest BCUT2D eigenvalue weighted by atomic mass is 9.90. The van der Waals surface area contributed by atoms with Gasteiger partial charge in [0.05, 0.1) is 40.1 Å². The Balaban J connectivity index is 1.48. The number of oxime groups is 1. The van der Waals surface area contributed by atoms with Gasteiger partial charge in [-0.05, 0) is 66.6 Å². The number of anilines is 1. The molecule has 0 aromatic heterocycles. The monoisotopic (exact) mass is 661 g/mol. The van der Waals surface area contributed by atoms with Gasteiger partial charge in [-0.2, -0.15) is 26.3 Å². The standard InChI is InChI=1S/C31H31Cl2F6N3O2/c1-43-40-29(20-44-19-21-15-23(30(34,35)36)18-24(16-21)31(37,38)39)26(22-7-8-27(32)28(33)17-22)9-10-41-11-13-42(14-12-41)25-5-3-2-4-6-25/h2-8,15-18,26H,9-14,19-20H2,1H3/b40-29+. The molecule has 1 heterocycles. The van der Waals surface area contributed by atoms with Gasteiger partial charge < -0.3 is 14.5 Å². The highest BCUT2D eigenvalue weighted by molar-refractivity contribution is 6.42. The third-order valence-electron chi connectivity index (χ3n) is 7.35. The van der Waals surface area contributed by atoms with E-state index in [4.69, 9.17) is 32.8 Å². The van der Waals surface area contributed by atoms with Crippen LogP contribution in [-0.4, -0.2) is 57.1 Å². The van der Waals surface area contributed by atoms with Crippen LogP contribution in [0.4, 0.5) is 32.0 Å². The summed E-state index contributed by atoms with van der Waals surface area (Å²) in [4.78, 5) is 9.71. The van der Waals surface area contributed by atoms with Gasteiger partial charge in [0, 0.05) is 37.8 Å². The maximum atomic E-state index is 13.3. The molecule has 1 fully saturated rings. The van der Waals surface area contributed by atoms with Crippen molar-refractivity contribution >= 4 is 34.6 Å². The SMILES string of the molecule is CO/N=C(\COCc1cc(C(F)(F)F)cc(C(F)(F)F)c1)C(CCN1CCN(c2ccccc2)CC1)c1ccc(Cl)c(Cl)c1. The summed E-state index contributed by atoms with van der Waals surface area (Å²) in [6, 6.07) is 16.7. The molecule has 1 saturated heterocycles. The molecule has 4 rings (SSSR count). The molecule has 3 aromatic rings. The van der Waals surface area contributed by atoms with Gasteiger partial charge in [-0.15, -0.1) is 0 Å². The van der Waals surface area contributed by atoms with E-state index in [-0.39, 0.29) is 24.2 Å². The second-order valence-electron chi connectivity index (χ2n) is 10.4. The van der Waals surface area contributed by atoms with Crippen LogP contribution < -0.4 is 4.90 Å². The number of rotatable bonds is 11. The maximum absolute atomic E-state index is 13.3. The molecule has 5 nitrogen and oxygen atoms in total. The first kappa shape index (κ1) is 33.9. The van der Waals surface area contributed by atoms with E-state index >= 15 is 0 Å². The molecule has 0 radical (unpaired) electrons. The number of ether oxygens (including phenoxy) is 1. The van der Waals surface area contributed by atoms with Crippen LogP contribution in [0, 0.1) is 0 Å². The molecular weight excluding hydrogens is 631 g/mol. The second-order valence-corrected chi connectivity index (χ2v) is 11.2. The van der Waals surface area contributed by atoms with Gasteiger partial charge in [-0.25, -0.2) is 0 Å². The first-order valence-corrected chi connectivity index (χ1v) is 14.5. The van der Waals surface area contributed by atoms with Crippen LogP contribution in [0.25, 0.3) is 0 Å². The molecule has 1 atom stereocenters. The molecule has 238 valence electrons. The molecule has 0 N–H and O–H groups in total. The van der Waals surface area contributed by atoms with Crippen molar-refractivity contribution in [3.8, 4) is 0 Å². The Bertz CT molecular complexity index is 1380. The molecule has 0 aliphatic carbocycles. The summed E-state index contributed by atoms with van der Waals surface area (Å²) in [5.74, 6) is -0.385. The van der Waals surface area contributed by atoms with Crippen molar-refractivity contribution in [1.29, 1.82) is 0 Å². The quantitative estimate of drug-likeness (QED) is 0.117. The lowest BCUT2D eigenvalue weighted by molar-refractivity contribution is -0.143. The molecule has 0 saturated carbocycles. The minimum absolute atomic E-state index is 0.0846. The summed E-state index contributed by atoms with van der Waals surface area (Å²) in [5, 5.41) is 4.83. The fraction of sp³-hybridized carbons (Fsp3) is 0.387. The Labute approximate surface area is 261 Å². The van der Waals surface area contributed by atoms with E-state index in [1.165, 1.54) is 7.11 Å². The summed E-state index contributed by atoms with van der Waals surface area (Å²) < 4.78 is 85.6. The highest BCUT2D eigenvalue weighted by atomic mass is 35.5. The smallest absolute Gasteiger partial charge is 0.399 e. The predicted molar refractivity (Wildman–Crippen MR) is 159 cm³/mol. The number of halogens is 8. The molecule has 1 aliphatic heterocycles. The lowest BCUT2D eigenvalue weighted by Gasteiger charge is -2.36. The van der Waals surface area contributed by atoms with Crippen molar-refractivity contribution in [3.63, 3.8) is 0 Å². The minimum Gasteiger partial charge on any atom is -0.399 e. The Kier molecular flexibility index (Phi) is 11.4. The maximum Gasteiger partial charge on any atom is 0.416 e. The summed E-state index contributed by atoms with van der Waals surface area (Å²) in [7, 11) is 1.34. The fourth-order valence-corrected chi connectivity index (χ4v) is 5.43. The van der Waals surface area contributed by atoms with E-state index in [9.17, 15) is 26.3 Å². The van der Waals surface area contributed by atoms with E-state index < -0.39 is 30.1 Å². The topological polar surface area (TPSA) is 37.3 Å². The zero-order valence-electron chi connectivity index (χ0n) is 23.8. The first-order valence-electron chi connectivity index (χ1n) is 13.8. The highest BCUT2D eigenvalue weighted by Crippen LogP contribution is 2.37. The third-order valence-corrected chi connectivity index (χ3v) is 8.09. The van der Waals surface area contributed by atoms with Gasteiger partial charge in [0.15, 0.2) is 0 Å². The molecular formula is C31H31Cl2F6N3O2. The van der Waals surface area contributed by atoms with Crippen LogP contribution in [0.1, 0.15) is 34.6 Å². The Morgan fingerprint density at radius 3 is 2.05 bits per heavy atom. The molecule has 0 amide bonds. The highest BCUT2D eigenvalue weighted by Gasteiger charge is 2.37. The van der Waals surface area contributed by atoms with Crippen molar-refractivity contribution in [2.24, 2.45) is 5.16 Å². The average Bonchev–Trinajstić information content (AvgIpc) is 2.98. The normalized spacial score (nSPS) is 15.8. The summed E-state index contributed by atoms with van der Waals surface area (Å²) in [6.45, 7) is 3.31. The van der Waals surface area contributed by atoms with Gasteiger partial charge in [-0.1, -0.05) is 52.6 Å². The van der Waals surface area contributed by atoms with Gasteiger partial charge in [0.25, 0.3) is 0 Å². The van der Waals surface area contributed by atoms with Crippen molar-refractivity contribution in [2.45, 2.75) is 31.3 Å². The number of alkyl halides is 6. The van der Waals surface area contributed by atoms with E-state index in [1.807, 2.05) is 18.2 Å². The Morgan fingerprint density at radius 2 is 1.48 bits per heavy atom. The molecule has 0 spiro atoms. The van der Waals surface area contributed by atoms with Crippen LogP contribution in [0.2, 0.25) is 10.0 Å². The van der Waals surface area contributed by atoms with Gasteiger partial charge in [0.1, 0.15) is 7.11 Å². The fourth-order valence-electron chi connectivity index (χ4n) is 5.12. The molecule has 13 heteroatoms. The Hall–Kier alpha value is -2.99. The third kappa shape index (κ3) is 9.26. The molecule has 1 unspecified atom stereocenters. The van der Waals surface area contributed by atoms with Crippen molar-refractivity contribution < 1.29 is 35.9 Å². The van der Waals surface area contributed by atoms with Crippen LogP contribution in [0.5, 0.6) is 0 Å². The number of piperazine rings is 1.